The minimum atomic E-state index is -5.03. The first-order chi connectivity index (χ1) is 29.1. The number of aliphatic hydroxyl groups excluding tert-OH is 1. The van der Waals surface area contributed by atoms with Crippen LogP contribution >= 0.6 is 11.8 Å². The molecule has 2 N–H and O–H groups in total. The topological polar surface area (TPSA) is 114 Å². The van der Waals surface area contributed by atoms with Crippen LogP contribution < -0.4 is 5.32 Å². The van der Waals surface area contributed by atoms with E-state index in [-0.39, 0.29) is 38.3 Å². The normalized spacial score (nSPS) is 19.3. The Morgan fingerprint density at radius 1 is 0.783 bits per heavy atom. The SMILES string of the molecule is O=C(NCc1cccc(-c2ccc([C@@H]3O[C@H](CSc4nc(-c5ccccc5)c(-c5ccccc5)o4)C[C@H](c4ccc(CO)cc4)O3)cc2)c1)[C@@H]1CCCN1C(=O)C(F)(F)F. The van der Waals surface area contributed by atoms with Gasteiger partial charge in [-0.25, -0.2) is 4.98 Å². The quantitative estimate of drug-likeness (QED) is 0.117. The molecular formula is C47H42F3N3O6S. The lowest BCUT2D eigenvalue weighted by atomic mass is 9.99. The number of thioether (sulfide) groups is 1. The van der Waals surface area contributed by atoms with Gasteiger partial charge in [0.15, 0.2) is 12.1 Å². The maximum atomic E-state index is 13.1. The molecule has 6 aromatic rings. The van der Waals surface area contributed by atoms with E-state index in [0.29, 0.717) is 34.5 Å². The average Bonchev–Trinajstić information content (AvgIpc) is 3.96. The van der Waals surface area contributed by atoms with Crippen molar-refractivity contribution in [1.29, 1.82) is 0 Å². The molecule has 9 nitrogen and oxygen atoms in total. The maximum absolute atomic E-state index is 13.1. The van der Waals surface area contributed by atoms with Gasteiger partial charge in [-0.05, 0) is 46.7 Å². The second-order valence-electron chi connectivity index (χ2n) is 14.7. The van der Waals surface area contributed by atoms with Crippen molar-refractivity contribution in [3.8, 4) is 33.7 Å². The molecule has 60 heavy (non-hydrogen) atoms. The van der Waals surface area contributed by atoms with Crippen LogP contribution in [0.4, 0.5) is 13.2 Å². The molecule has 2 aliphatic heterocycles. The van der Waals surface area contributed by atoms with Crippen LogP contribution in [0.3, 0.4) is 0 Å². The summed E-state index contributed by atoms with van der Waals surface area (Å²) in [6.45, 7) is -0.0709. The van der Waals surface area contributed by atoms with Gasteiger partial charge < -0.3 is 29.2 Å². The minimum absolute atomic E-state index is 0.0560. The van der Waals surface area contributed by atoms with Gasteiger partial charge in [-0.15, -0.1) is 0 Å². The second-order valence-corrected chi connectivity index (χ2v) is 15.7. The summed E-state index contributed by atoms with van der Waals surface area (Å²) in [5, 5.41) is 12.9. The molecule has 2 aliphatic rings. The molecule has 8 rings (SSSR count). The number of ether oxygens (including phenoxy) is 2. The fraction of sp³-hybridized carbons (Fsp3) is 0.255. The predicted molar refractivity (Wildman–Crippen MR) is 221 cm³/mol. The van der Waals surface area contributed by atoms with Crippen LogP contribution in [0.15, 0.2) is 143 Å². The first-order valence-corrected chi connectivity index (χ1v) is 20.7. The summed E-state index contributed by atoms with van der Waals surface area (Å²) in [5.41, 5.74) is 7.78. The van der Waals surface area contributed by atoms with Gasteiger partial charge in [0, 0.05) is 42.0 Å². The molecule has 5 aromatic carbocycles. The van der Waals surface area contributed by atoms with Crippen molar-refractivity contribution in [1.82, 2.24) is 15.2 Å². The van der Waals surface area contributed by atoms with Crippen molar-refractivity contribution in [3.05, 3.63) is 156 Å². The van der Waals surface area contributed by atoms with Crippen molar-refractivity contribution >= 4 is 23.6 Å². The highest BCUT2D eigenvalue weighted by atomic mass is 32.2. The van der Waals surface area contributed by atoms with Crippen molar-refractivity contribution in [3.63, 3.8) is 0 Å². The third-order valence-corrected chi connectivity index (χ3v) is 11.6. The highest BCUT2D eigenvalue weighted by Crippen LogP contribution is 2.41. The van der Waals surface area contributed by atoms with E-state index in [2.05, 4.69) is 5.32 Å². The van der Waals surface area contributed by atoms with E-state index in [4.69, 9.17) is 18.9 Å². The number of hydrogen-bond donors (Lipinski definition) is 2. The van der Waals surface area contributed by atoms with Gasteiger partial charge in [0.05, 0.1) is 18.8 Å². The Hall–Kier alpha value is -5.73. The first kappa shape index (κ1) is 41.0. The fourth-order valence-corrected chi connectivity index (χ4v) is 8.41. The maximum Gasteiger partial charge on any atom is 0.471 e. The van der Waals surface area contributed by atoms with E-state index in [1.165, 1.54) is 11.8 Å². The van der Waals surface area contributed by atoms with Crippen LogP contribution in [-0.2, 0) is 32.2 Å². The summed E-state index contributed by atoms with van der Waals surface area (Å²) >= 11 is 1.49. The number of carbonyl (C=O) groups is 2. The smallest absolute Gasteiger partial charge is 0.431 e. The minimum Gasteiger partial charge on any atom is -0.431 e. The number of alkyl halides is 3. The number of benzene rings is 5. The predicted octanol–water partition coefficient (Wildman–Crippen LogP) is 9.68. The number of halogens is 3. The molecule has 0 bridgehead atoms. The van der Waals surface area contributed by atoms with Crippen LogP contribution in [-0.4, -0.2) is 57.4 Å². The Labute approximate surface area is 349 Å². The Bertz CT molecular complexity index is 2340. The molecule has 308 valence electrons. The number of nitrogens with zero attached hydrogens (tertiary/aromatic N) is 2. The monoisotopic (exact) mass is 833 g/mol. The zero-order chi connectivity index (χ0) is 41.6. The number of oxazole rings is 1. The van der Waals surface area contributed by atoms with Crippen molar-refractivity contribution in [2.75, 3.05) is 12.3 Å². The molecule has 0 radical (unpaired) electrons. The zero-order valence-electron chi connectivity index (χ0n) is 32.4. The van der Waals surface area contributed by atoms with Gasteiger partial charge in [0.1, 0.15) is 11.7 Å². The molecule has 13 heteroatoms. The lowest BCUT2D eigenvalue weighted by Gasteiger charge is -2.36. The van der Waals surface area contributed by atoms with Crippen LogP contribution in [0.1, 0.15) is 53.9 Å². The Morgan fingerprint density at radius 3 is 2.17 bits per heavy atom. The van der Waals surface area contributed by atoms with Gasteiger partial charge in [0.2, 0.25) is 5.91 Å². The third-order valence-electron chi connectivity index (χ3n) is 10.7. The fourth-order valence-electron chi connectivity index (χ4n) is 7.57. The molecule has 3 heterocycles. The molecule has 2 fully saturated rings. The van der Waals surface area contributed by atoms with Crippen LogP contribution in [0, 0.1) is 0 Å². The summed E-state index contributed by atoms with van der Waals surface area (Å²) in [7, 11) is 0. The highest BCUT2D eigenvalue weighted by Gasteiger charge is 2.47. The van der Waals surface area contributed by atoms with E-state index in [1.807, 2.05) is 133 Å². The summed E-state index contributed by atoms with van der Waals surface area (Å²) < 4.78 is 58.9. The first-order valence-electron chi connectivity index (χ1n) is 19.7. The molecule has 0 unspecified atom stereocenters. The van der Waals surface area contributed by atoms with E-state index in [0.717, 1.165) is 50.2 Å². The number of hydrogen-bond acceptors (Lipinski definition) is 8. The molecule has 0 aliphatic carbocycles. The molecule has 0 spiro atoms. The van der Waals surface area contributed by atoms with Gasteiger partial charge in [-0.3, -0.25) is 9.59 Å². The largest absolute Gasteiger partial charge is 0.471 e. The number of aromatic nitrogens is 1. The lowest BCUT2D eigenvalue weighted by molar-refractivity contribution is -0.245. The highest BCUT2D eigenvalue weighted by molar-refractivity contribution is 7.99. The lowest BCUT2D eigenvalue weighted by Crippen LogP contribution is -2.50. The number of rotatable bonds is 12. The summed E-state index contributed by atoms with van der Waals surface area (Å²) in [6, 6.07) is 41.8. The Morgan fingerprint density at radius 2 is 1.47 bits per heavy atom. The van der Waals surface area contributed by atoms with Gasteiger partial charge in [-0.2, -0.15) is 13.2 Å². The number of carbonyl (C=O) groups excluding carboxylic acids is 2. The number of nitrogens with one attached hydrogen (secondary N) is 1. The summed E-state index contributed by atoms with van der Waals surface area (Å²) in [6.07, 6.45) is -5.16. The number of likely N-dealkylation sites (tertiary alicyclic amines) is 1. The van der Waals surface area contributed by atoms with E-state index >= 15 is 0 Å². The van der Waals surface area contributed by atoms with Crippen LogP contribution in [0.25, 0.3) is 33.7 Å². The van der Waals surface area contributed by atoms with Gasteiger partial charge >= 0.3 is 12.1 Å². The molecule has 1 aromatic heterocycles. The second kappa shape index (κ2) is 18.3. The van der Waals surface area contributed by atoms with Crippen molar-refractivity contribution in [2.24, 2.45) is 0 Å². The Kier molecular flexibility index (Phi) is 12.5. The van der Waals surface area contributed by atoms with Crippen LogP contribution in [0.2, 0.25) is 0 Å². The average molecular weight is 834 g/mol. The van der Waals surface area contributed by atoms with Gasteiger partial charge in [0.25, 0.3) is 5.22 Å². The molecule has 4 atom stereocenters. The number of aliphatic hydroxyl groups is 1. The van der Waals surface area contributed by atoms with Gasteiger partial charge in [-0.1, -0.05) is 139 Å². The van der Waals surface area contributed by atoms with E-state index in [9.17, 15) is 27.9 Å². The van der Waals surface area contributed by atoms with E-state index in [1.54, 1.807) is 0 Å². The Balaban J connectivity index is 0.968. The molecule has 0 saturated carbocycles. The summed E-state index contributed by atoms with van der Waals surface area (Å²) in [5.74, 6) is -1.35. The standard InChI is InChI=1S/C47H42F3N3O6S/c48-47(49,50)45(56)53-24-8-15-39(53)43(55)51-27-31-9-7-14-37(25-31)32-20-22-36(23-21-32)44-57-38(26-40(58-44)33-18-16-30(28-54)17-19-33)29-60-46-52-41(34-10-3-1-4-11-34)42(59-46)35-12-5-2-6-13-35/h1-7,9-14,16-23,25,38-40,44,54H,8,15,24,26-29H2,(H,51,55)/t38-,39-,40+,44+/m0/s1. The molecular weight excluding hydrogens is 792 g/mol. The molecule has 2 amide bonds. The number of amides is 2. The summed E-state index contributed by atoms with van der Waals surface area (Å²) in [4.78, 5) is 30.3. The van der Waals surface area contributed by atoms with Crippen molar-refractivity contribution < 1.29 is 41.8 Å². The molecule has 2 saturated heterocycles. The zero-order valence-corrected chi connectivity index (χ0v) is 33.2. The third kappa shape index (κ3) is 9.50. The van der Waals surface area contributed by atoms with Crippen molar-refractivity contribution in [2.45, 2.75) is 68.4 Å². The van der Waals surface area contributed by atoms with E-state index < -0.39 is 30.3 Å². The van der Waals surface area contributed by atoms with Crippen LogP contribution in [0.5, 0.6) is 0 Å².